The summed E-state index contributed by atoms with van der Waals surface area (Å²) in [5.74, 6) is 0.119. The lowest BCUT2D eigenvalue weighted by Gasteiger charge is -2.05. The standard InChI is InChI=1S/C9H7F2N3O/c10-9(11)15-8-3-1-7(2-4-8)14-6-12-5-13-14/h1-6,9H. The molecule has 78 valence electrons. The van der Waals surface area contributed by atoms with E-state index >= 15 is 0 Å². The molecular weight excluding hydrogens is 204 g/mol. The van der Waals surface area contributed by atoms with Crippen LogP contribution < -0.4 is 4.74 Å². The molecule has 1 aromatic carbocycles. The summed E-state index contributed by atoms with van der Waals surface area (Å²) in [6, 6.07) is 6.13. The van der Waals surface area contributed by atoms with Gasteiger partial charge in [0.1, 0.15) is 18.4 Å². The first-order valence-corrected chi connectivity index (χ1v) is 4.15. The summed E-state index contributed by atoms with van der Waals surface area (Å²) in [7, 11) is 0. The van der Waals surface area contributed by atoms with Gasteiger partial charge in [-0.3, -0.25) is 0 Å². The fourth-order valence-corrected chi connectivity index (χ4v) is 1.12. The van der Waals surface area contributed by atoms with Gasteiger partial charge in [0.05, 0.1) is 5.69 Å². The highest BCUT2D eigenvalue weighted by Crippen LogP contribution is 2.16. The molecule has 15 heavy (non-hydrogen) atoms. The number of hydrogen-bond acceptors (Lipinski definition) is 3. The number of hydrogen-bond donors (Lipinski definition) is 0. The third kappa shape index (κ3) is 2.28. The zero-order valence-corrected chi connectivity index (χ0v) is 7.55. The molecule has 0 saturated heterocycles. The minimum Gasteiger partial charge on any atom is -0.435 e. The van der Waals surface area contributed by atoms with Crippen LogP contribution in [0.15, 0.2) is 36.9 Å². The van der Waals surface area contributed by atoms with E-state index in [2.05, 4.69) is 14.8 Å². The fourth-order valence-electron chi connectivity index (χ4n) is 1.12. The van der Waals surface area contributed by atoms with E-state index < -0.39 is 6.61 Å². The Morgan fingerprint density at radius 2 is 1.93 bits per heavy atom. The van der Waals surface area contributed by atoms with E-state index in [9.17, 15) is 8.78 Å². The monoisotopic (exact) mass is 211 g/mol. The molecule has 0 radical (unpaired) electrons. The normalized spacial score (nSPS) is 10.6. The molecule has 0 N–H and O–H groups in total. The predicted octanol–water partition coefficient (Wildman–Crippen LogP) is 1.87. The van der Waals surface area contributed by atoms with E-state index in [0.717, 1.165) is 5.69 Å². The van der Waals surface area contributed by atoms with Crippen molar-refractivity contribution in [1.29, 1.82) is 0 Å². The van der Waals surface area contributed by atoms with E-state index in [4.69, 9.17) is 0 Å². The second-order valence-corrected chi connectivity index (χ2v) is 2.71. The van der Waals surface area contributed by atoms with Crippen LogP contribution in [0.4, 0.5) is 8.78 Å². The van der Waals surface area contributed by atoms with Crippen LogP contribution in [0.5, 0.6) is 5.75 Å². The second-order valence-electron chi connectivity index (χ2n) is 2.71. The summed E-state index contributed by atoms with van der Waals surface area (Å²) in [4.78, 5) is 3.77. The zero-order chi connectivity index (χ0) is 10.7. The Hall–Kier alpha value is -1.98. The van der Waals surface area contributed by atoms with Crippen LogP contribution in [0, 0.1) is 0 Å². The number of aromatic nitrogens is 3. The molecule has 1 aromatic heterocycles. The molecule has 1 heterocycles. The average Bonchev–Trinajstić information content (AvgIpc) is 2.71. The highest BCUT2D eigenvalue weighted by Gasteiger charge is 2.04. The lowest BCUT2D eigenvalue weighted by molar-refractivity contribution is -0.0498. The molecule has 6 heteroatoms. The Morgan fingerprint density at radius 3 is 2.47 bits per heavy atom. The lowest BCUT2D eigenvalue weighted by atomic mass is 10.3. The number of rotatable bonds is 3. The topological polar surface area (TPSA) is 39.9 Å². The summed E-state index contributed by atoms with van der Waals surface area (Å²) in [5.41, 5.74) is 0.731. The minimum atomic E-state index is -2.80. The van der Waals surface area contributed by atoms with Crippen molar-refractivity contribution in [3.63, 3.8) is 0 Å². The highest BCUT2D eigenvalue weighted by atomic mass is 19.3. The summed E-state index contributed by atoms with van der Waals surface area (Å²) >= 11 is 0. The Bertz CT molecular complexity index is 413. The van der Waals surface area contributed by atoms with E-state index in [1.165, 1.54) is 29.5 Å². The third-order valence-electron chi connectivity index (χ3n) is 1.75. The maximum Gasteiger partial charge on any atom is 0.387 e. The first-order valence-electron chi connectivity index (χ1n) is 4.15. The number of nitrogens with zero attached hydrogens (tertiary/aromatic N) is 3. The van der Waals surface area contributed by atoms with Crippen LogP contribution in [0.1, 0.15) is 0 Å². The second kappa shape index (κ2) is 4.04. The quantitative estimate of drug-likeness (QED) is 0.778. The van der Waals surface area contributed by atoms with Gasteiger partial charge < -0.3 is 4.74 Å². The molecule has 0 atom stereocenters. The molecule has 0 amide bonds. The van der Waals surface area contributed by atoms with Crippen molar-refractivity contribution in [2.45, 2.75) is 6.61 Å². The van der Waals surface area contributed by atoms with Crippen molar-refractivity contribution in [2.75, 3.05) is 0 Å². The van der Waals surface area contributed by atoms with Crippen molar-refractivity contribution in [1.82, 2.24) is 14.8 Å². The molecule has 0 bridgehead atoms. The van der Waals surface area contributed by atoms with E-state index in [1.807, 2.05) is 0 Å². The molecule has 4 nitrogen and oxygen atoms in total. The maximum atomic E-state index is 11.8. The molecule has 2 aromatic rings. The average molecular weight is 211 g/mol. The van der Waals surface area contributed by atoms with Gasteiger partial charge in [-0.25, -0.2) is 9.67 Å². The molecule has 0 aliphatic heterocycles. The number of benzene rings is 1. The molecule has 0 saturated carbocycles. The summed E-state index contributed by atoms with van der Waals surface area (Å²) < 4.78 is 29.4. The molecule has 0 unspecified atom stereocenters. The molecule has 0 aliphatic rings. The van der Waals surface area contributed by atoms with Crippen molar-refractivity contribution in [3.8, 4) is 11.4 Å². The fraction of sp³-hybridized carbons (Fsp3) is 0.111. The van der Waals surface area contributed by atoms with Crippen LogP contribution in [0.2, 0.25) is 0 Å². The van der Waals surface area contributed by atoms with Crippen molar-refractivity contribution >= 4 is 0 Å². The molecule has 0 aliphatic carbocycles. The van der Waals surface area contributed by atoms with Gasteiger partial charge in [-0.1, -0.05) is 0 Å². The van der Waals surface area contributed by atoms with Gasteiger partial charge in [-0.2, -0.15) is 13.9 Å². The Morgan fingerprint density at radius 1 is 1.20 bits per heavy atom. The zero-order valence-electron chi connectivity index (χ0n) is 7.55. The van der Waals surface area contributed by atoms with Crippen molar-refractivity contribution in [3.05, 3.63) is 36.9 Å². The largest absolute Gasteiger partial charge is 0.435 e. The van der Waals surface area contributed by atoms with Crippen molar-refractivity contribution in [2.24, 2.45) is 0 Å². The smallest absolute Gasteiger partial charge is 0.387 e. The number of halogens is 2. The SMILES string of the molecule is FC(F)Oc1ccc(-n2cncn2)cc1. The minimum absolute atomic E-state index is 0.119. The Kier molecular flexibility index (Phi) is 2.57. The van der Waals surface area contributed by atoms with Gasteiger partial charge in [0.2, 0.25) is 0 Å². The van der Waals surface area contributed by atoms with Gasteiger partial charge >= 0.3 is 6.61 Å². The van der Waals surface area contributed by atoms with E-state index in [0.29, 0.717) is 0 Å². The predicted molar refractivity (Wildman–Crippen MR) is 48.0 cm³/mol. The van der Waals surface area contributed by atoms with Gasteiger partial charge in [0.15, 0.2) is 0 Å². The number of ether oxygens (including phenoxy) is 1. The summed E-state index contributed by atoms with van der Waals surface area (Å²) in [6.07, 6.45) is 2.91. The Balaban J connectivity index is 2.17. The molecular formula is C9H7F2N3O. The third-order valence-corrected chi connectivity index (χ3v) is 1.75. The molecule has 0 spiro atoms. The molecule has 2 rings (SSSR count). The van der Waals surface area contributed by atoms with Gasteiger partial charge in [0, 0.05) is 0 Å². The lowest BCUT2D eigenvalue weighted by Crippen LogP contribution is -2.02. The van der Waals surface area contributed by atoms with E-state index in [1.54, 1.807) is 12.1 Å². The van der Waals surface area contributed by atoms with Crippen LogP contribution in [-0.2, 0) is 0 Å². The maximum absolute atomic E-state index is 11.8. The first kappa shape index (κ1) is 9.57. The van der Waals surface area contributed by atoms with Crippen LogP contribution in [0.3, 0.4) is 0 Å². The first-order chi connectivity index (χ1) is 7.25. The van der Waals surface area contributed by atoms with E-state index in [-0.39, 0.29) is 5.75 Å². The van der Waals surface area contributed by atoms with Gasteiger partial charge in [-0.05, 0) is 24.3 Å². The van der Waals surface area contributed by atoms with Gasteiger partial charge in [0.25, 0.3) is 0 Å². The van der Waals surface area contributed by atoms with Gasteiger partial charge in [-0.15, -0.1) is 0 Å². The Labute approximate surface area is 84.1 Å². The van der Waals surface area contributed by atoms with Crippen molar-refractivity contribution < 1.29 is 13.5 Å². The highest BCUT2D eigenvalue weighted by molar-refractivity contribution is 5.36. The number of alkyl halides is 2. The summed E-state index contributed by atoms with van der Waals surface area (Å²) in [6.45, 7) is -2.80. The van der Waals surface area contributed by atoms with Crippen LogP contribution in [-0.4, -0.2) is 21.4 Å². The summed E-state index contributed by atoms with van der Waals surface area (Å²) in [5, 5.41) is 3.89. The molecule has 0 fully saturated rings. The van der Waals surface area contributed by atoms with Crippen LogP contribution >= 0.6 is 0 Å². The van der Waals surface area contributed by atoms with Crippen LogP contribution in [0.25, 0.3) is 5.69 Å².